The average molecular weight is 258 g/mol. The molecule has 0 spiro atoms. The second kappa shape index (κ2) is 5.02. The smallest absolute Gasteiger partial charge is 0.123 e. The van der Waals surface area contributed by atoms with Crippen molar-refractivity contribution in [2.24, 2.45) is 0 Å². The molecule has 1 aliphatic rings. The second-order valence-electron chi connectivity index (χ2n) is 4.83. The zero-order chi connectivity index (χ0) is 13.2. The number of halogens is 1. The number of aliphatic hydroxyl groups is 1. The summed E-state index contributed by atoms with van der Waals surface area (Å²) in [6, 6.07) is 12.1. The molecule has 1 atom stereocenters. The van der Waals surface area contributed by atoms with Gasteiger partial charge in [0.1, 0.15) is 18.2 Å². The van der Waals surface area contributed by atoms with Crippen molar-refractivity contribution in [3.8, 4) is 5.75 Å². The van der Waals surface area contributed by atoms with Crippen LogP contribution in [-0.2, 0) is 13.0 Å². The largest absolute Gasteiger partial charge is 0.489 e. The van der Waals surface area contributed by atoms with E-state index in [0.29, 0.717) is 6.61 Å². The van der Waals surface area contributed by atoms with Crippen LogP contribution in [0.1, 0.15) is 29.2 Å². The van der Waals surface area contributed by atoms with Gasteiger partial charge in [0.2, 0.25) is 0 Å². The molecule has 3 heteroatoms. The van der Waals surface area contributed by atoms with Gasteiger partial charge in [-0.05, 0) is 53.8 Å². The maximum absolute atomic E-state index is 13.0. The standard InChI is InChI=1S/C16H15FO2/c17-13-3-1-2-11(8-13)10-19-14-5-6-15-12(9-14)4-7-16(15)18/h1-3,5-6,8-9,16,18H,4,7,10H2/t16-/m1/s1. The Kier molecular flexibility index (Phi) is 3.22. The van der Waals surface area contributed by atoms with Gasteiger partial charge in [-0.15, -0.1) is 0 Å². The highest BCUT2D eigenvalue weighted by Crippen LogP contribution is 2.33. The third-order valence-electron chi connectivity index (χ3n) is 3.46. The number of benzene rings is 2. The van der Waals surface area contributed by atoms with Crippen LogP contribution >= 0.6 is 0 Å². The fourth-order valence-electron chi connectivity index (χ4n) is 2.45. The van der Waals surface area contributed by atoms with Crippen molar-refractivity contribution in [2.45, 2.75) is 25.6 Å². The van der Waals surface area contributed by atoms with E-state index in [4.69, 9.17) is 4.74 Å². The highest BCUT2D eigenvalue weighted by molar-refractivity contribution is 5.40. The molecule has 2 aromatic carbocycles. The van der Waals surface area contributed by atoms with Crippen molar-refractivity contribution in [3.63, 3.8) is 0 Å². The van der Waals surface area contributed by atoms with E-state index in [0.717, 1.165) is 35.3 Å². The molecule has 0 saturated carbocycles. The van der Waals surface area contributed by atoms with Gasteiger partial charge in [0.05, 0.1) is 6.10 Å². The molecule has 0 saturated heterocycles. The lowest BCUT2D eigenvalue weighted by molar-refractivity contribution is 0.180. The topological polar surface area (TPSA) is 29.5 Å². The molecule has 0 aromatic heterocycles. The molecule has 3 rings (SSSR count). The van der Waals surface area contributed by atoms with E-state index >= 15 is 0 Å². The van der Waals surface area contributed by atoms with Gasteiger partial charge in [-0.25, -0.2) is 4.39 Å². The fraction of sp³-hybridized carbons (Fsp3) is 0.250. The van der Waals surface area contributed by atoms with Gasteiger partial charge in [0.15, 0.2) is 0 Å². The van der Waals surface area contributed by atoms with Crippen LogP contribution in [0.3, 0.4) is 0 Å². The molecule has 1 N–H and O–H groups in total. The Balaban J connectivity index is 1.71. The summed E-state index contributed by atoms with van der Waals surface area (Å²) in [6.07, 6.45) is 1.32. The van der Waals surface area contributed by atoms with Gasteiger partial charge in [-0.3, -0.25) is 0 Å². The van der Waals surface area contributed by atoms with E-state index in [1.807, 2.05) is 24.3 Å². The van der Waals surface area contributed by atoms with Crippen molar-refractivity contribution in [1.82, 2.24) is 0 Å². The zero-order valence-corrected chi connectivity index (χ0v) is 10.5. The first-order valence-corrected chi connectivity index (χ1v) is 6.40. The molecule has 0 aliphatic heterocycles. The summed E-state index contributed by atoms with van der Waals surface area (Å²) in [7, 11) is 0. The maximum Gasteiger partial charge on any atom is 0.123 e. The molecule has 98 valence electrons. The van der Waals surface area contributed by atoms with Crippen LogP contribution in [0.2, 0.25) is 0 Å². The molecule has 0 heterocycles. The summed E-state index contributed by atoms with van der Waals surface area (Å²) >= 11 is 0. The second-order valence-corrected chi connectivity index (χ2v) is 4.83. The van der Waals surface area contributed by atoms with Gasteiger partial charge < -0.3 is 9.84 Å². The van der Waals surface area contributed by atoms with E-state index in [1.165, 1.54) is 12.1 Å². The molecule has 0 radical (unpaired) electrons. The van der Waals surface area contributed by atoms with E-state index < -0.39 is 0 Å². The van der Waals surface area contributed by atoms with Crippen molar-refractivity contribution < 1.29 is 14.2 Å². The van der Waals surface area contributed by atoms with E-state index in [9.17, 15) is 9.50 Å². The SMILES string of the molecule is O[C@@H]1CCc2cc(OCc3cccc(F)c3)ccc21. The van der Waals surface area contributed by atoms with Crippen LogP contribution in [0.15, 0.2) is 42.5 Å². The van der Waals surface area contributed by atoms with Crippen LogP contribution in [0, 0.1) is 5.82 Å². The number of aryl methyl sites for hydroxylation is 1. The predicted octanol–water partition coefficient (Wildman–Crippen LogP) is 3.38. The van der Waals surface area contributed by atoms with Crippen LogP contribution in [0.4, 0.5) is 4.39 Å². The van der Waals surface area contributed by atoms with Crippen molar-refractivity contribution in [2.75, 3.05) is 0 Å². The number of rotatable bonds is 3. The first kappa shape index (κ1) is 12.2. The minimum Gasteiger partial charge on any atom is -0.489 e. The molecule has 19 heavy (non-hydrogen) atoms. The number of aliphatic hydroxyl groups excluding tert-OH is 1. The quantitative estimate of drug-likeness (QED) is 0.914. The Morgan fingerprint density at radius 2 is 2.11 bits per heavy atom. The van der Waals surface area contributed by atoms with Gasteiger partial charge in [0.25, 0.3) is 0 Å². The Morgan fingerprint density at radius 3 is 2.95 bits per heavy atom. The lowest BCUT2D eigenvalue weighted by atomic mass is 10.1. The third kappa shape index (κ3) is 2.61. The molecule has 1 aliphatic carbocycles. The molecule has 2 aromatic rings. The van der Waals surface area contributed by atoms with Gasteiger partial charge in [0, 0.05) is 0 Å². The van der Waals surface area contributed by atoms with Crippen LogP contribution in [0.25, 0.3) is 0 Å². The third-order valence-corrected chi connectivity index (χ3v) is 3.46. The average Bonchev–Trinajstić information content (AvgIpc) is 2.78. The van der Waals surface area contributed by atoms with Crippen molar-refractivity contribution in [3.05, 3.63) is 65.0 Å². The summed E-state index contributed by atoms with van der Waals surface area (Å²) in [6.45, 7) is 0.346. The summed E-state index contributed by atoms with van der Waals surface area (Å²) < 4.78 is 18.7. The van der Waals surface area contributed by atoms with Crippen LogP contribution in [-0.4, -0.2) is 5.11 Å². The molecule has 2 nitrogen and oxygen atoms in total. The summed E-state index contributed by atoms with van der Waals surface area (Å²) in [5.41, 5.74) is 2.95. The Hall–Kier alpha value is -1.87. The first-order chi connectivity index (χ1) is 9.22. The maximum atomic E-state index is 13.0. The highest BCUT2D eigenvalue weighted by Gasteiger charge is 2.20. The van der Waals surface area contributed by atoms with Crippen LogP contribution < -0.4 is 4.74 Å². The number of fused-ring (bicyclic) bond motifs is 1. The number of hydrogen-bond acceptors (Lipinski definition) is 2. The molecule has 0 unspecified atom stereocenters. The summed E-state index contributed by atoms with van der Waals surface area (Å²) in [5.74, 6) is 0.510. The molecular formula is C16H15FO2. The van der Waals surface area contributed by atoms with Crippen LogP contribution in [0.5, 0.6) is 5.75 Å². The lowest BCUT2D eigenvalue weighted by Gasteiger charge is -2.09. The highest BCUT2D eigenvalue weighted by atomic mass is 19.1. The lowest BCUT2D eigenvalue weighted by Crippen LogP contribution is -1.97. The molecule has 0 amide bonds. The Bertz CT molecular complexity index is 595. The van der Waals surface area contributed by atoms with Gasteiger partial charge in [-0.2, -0.15) is 0 Å². The van der Waals surface area contributed by atoms with E-state index in [1.54, 1.807) is 6.07 Å². The number of hydrogen-bond donors (Lipinski definition) is 1. The van der Waals surface area contributed by atoms with E-state index in [2.05, 4.69) is 0 Å². The Labute approximate surface area is 111 Å². The summed E-state index contributed by atoms with van der Waals surface area (Å²) in [4.78, 5) is 0. The van der Waals surface area contributed by atoms with Crippen molar-refractivity contribution >= 4 is 0 Å². The minimum atomic E-state index is -0.340. The monoisotopic (exact) mass is 258 g/mol. The molecule has 0 fully saturated rings. The first-order valence-electron chi connectivity index (χ1n) is 6.40. The van der Waals surface area contributed by atoms with Crippen molar-refractivity contribution in [1.29, 1.82) is 0 Å². The van der Waals surface area contributed by atoms with Gasteiger partial charge >= 0.3 is 0 Å². The zero-order valence-electron chi connectivity index (χ0n) is 10.5. The number of ether oxygens (including phenoxy) is 1. The predicted molar refractivity (Wildman–Crippen MR) is 70.5 cm³/mol. The van der Waals surface area contributed by atoms with Gasteiger partial charge in [-0.1, -0.05) is 18.2 Å². The molecule has 0 bridgehead atoms. The summed E-state index contributed by atoms with van der Waals surface area (Å²) in [5, 5.41) is 9.73. The normalized spacial score (nSPS) is 17.3. The Morgan fingerprint density at radius 1 is 1.21 bits per heavy atom. The molecular weight excluding hydrogens is 243 g/mol. The van der Waals surface area contributed by atoms with E-state index in [-0.39, 0.29) is 11.9 Å². The minimum absolute atomic E-state index is 0.252. The fourth-order valence-corrected chi connectivity index (χ4v) is 2.45.